The number of hydrogen-bond acceptors (Lipinski definition) is 5. The highest BCUT2D eigenvalue weighted by Gasteiger charge is 2.56. The van der Waals surface area contributed by atoms with E-state index >= 15 is 0 Å². The summed E-state index contributed by atoms with van der Waals surface area (Å²) < 4.78 is 0. The van der Waals surface area contributed by atoms with Crippen molar-refractivity contribution in [3.05, 3.63) is 47.4 Å². The molecule has 6 aliphatic rings. The lowest BCUT2D eigenvalue weighted by atomic mass is 9.49. The molecule has 0 aromatic heterocycles. The Kier molecular flexibility index (Phi) is 2.63. The normalized spacial score (nSPS) is 34.4. The van der Waals surface area contributed by atoms with Crippen molar-refractivity contribution < 1.29 is 5.11 Å². The third-order valence-electron chi connectivity index (χ3n) is 6.24. The zero-order valence-corrected chi connectivity index (χ0v) is 13.0. The molecule has 4 aliphatic heterocycles. The number of rotatable bonds is 2. The number of nitrogens with two attached hydrogens (primary N) is 1. The molecule has 0 spiro atoms. The van der Waals surface area contributed by atoms with Gasteiger partial charge in [-0.05, 0) is 54.7 Å². The van der Waals surface area contributed by atoms with E-state index in [1.807, 2.05) is 18.2 Å². The molecule has 2 saturated carbocycles. The quantitative estimate of drug-likeness (QED) is 0.667. The van der Waals surface area contributed by atoms with Gasteiger partial charge in [-0.15, -0.1) is 0 Å². The molecule has 23 heavy (non-hydrogen) atoms. The summed E-state index contributed by atoms with van der Waals surface area (Å²) in [5.41, 5.74) is 15.1. The van der Waals surface area contributed by atoms with E-state index in [0.717, 1.165) is 53.7 Å². The van der Waals surface area contributed by atoms with Crippen molar-refractivity contribution >= 4 is 5.70 Å². The van der Waals surface area contributed by atoms with Crippen molar-refractivity contribution in [1.29, 1.82) is 0 Å². The minimum Gasteiger partial charge on any atom is -0.507 e. The number of phenolic OH excluding ortho intramolecular Hbond substituents is 1. The maximum atomic E-state index is 10.1. The van der Waals surface area contributed by atoms with Crippen LogP contribution in [-0.2, 0) is 0 Å². The molecule has 4 unspecified atom stereocenters. The van der Waals surface area contributed by atoms with Crippen LogP contribution in [-0.4, -0.2) is 23.1 Å². The zero-order chi connectivity index (χ0) is 15.6. The number of benzene rings is 1. The van der Waals surface area contributed by atoms with Gasteiger partial charge in [-0.25, -0.2) is 0 Å². The minimum atomic E-state index is 0.272. The van der Waals surface area contributed by atoms with Crippen LogP contribution >= 0.6 is 0 Å². The molecule has 5 fully saturated rings. The highest BCUT2D eigenvalue weighted by Crippen LogP contribution is 2.60. The number of nitrogens with one attached hydrogen (secondary N) is 2. The van der Waals surface area contributed by atoms with Crippen molar-refractivity contribution in [3.8, 4) is 5.75 Å². The molecule has 7 rings (SSSR count). The van der Waals surface area contributed by atoms with Crippen molar-refractivity contribution in [3.63, 3.8) is 0 Å². The minimum absolute atomic E-state index is 0.272. The first-order valence-electron chi connectivity index (χ1n) is 8.47. The fraction of sp³-hybridized carbons (Fsp3) is 0.444. The van der Waals surface area contributed by atoms with Gasteiger partial charge in [0.25, 0.3) is 0 Å². The fourth-order valence-corrected chi connectivity index (χ4v) is 4.91. The molecule has 4 bridgehead atoms. The molecule has 5 N–H and O–H groups in total. The predicted octanol–water partition coefficient (Wildman–Crippen LogP) is 1.56. The molecule has 2 aliphatic carbocycles. The molecule has 4 heterocycles. The largest absolute Gasteiger partial charge is 0.507 e. The van der Waals surface area contributed by atoms with E-state index < -0.39 is 0 Å². The molecule has 4 atom stereocenters. The summed E-state index contributed by atoms with van der Waals surface area (Å²) in [5, 5.41) is 10.1. The first kappa shape index (κ1) is 13.2. The van der Waals surface area contributed by atoms with E-state index in [1.54, 1.807) is 6.07 Å². The second-order valence-corrected chi connectivity index (χ2v) is 7.35. The van der Waals surface area contributed by atoms with Crippen LogP contribution in [0.3, 0.4) is 0 Å². The van der Waals surface area contributed by atoms with Crippen LogP contribution in [0.4, 0.5) is 0 Å². The third-order valence-corrected chi connectivity index (χ3v) is 6.24. The highest BCUT2D eigenvalue weighted by molar-refractivity contribution is 5.71. The smallest absolute Gasteiger partial charge is 0.139 e. The lowest BCUT2D eigenvalue weighted by Gasteiger charge is -2.55. The molecular formula is C18H22N4O. The second-order valence-electron chi connectivity index (χ2n) is 7.35. The fourth-order valence-electron chi connectivity index (χ4n) is 4.91. The molecule has 120 valence electrons. The molecule has 3 saturated heterocycles. The van der Waals surface area contributed by atoms with E-state index in [1.165, 1.54) is 12.8 Å². The van der Waals surface area contributed by atoms with Crippen LogP contribution in [0.15, 0.2) is 41.9 Å². The van der Waals surface area contributed by atoms with Gasteiger partial charge < -0.3 is 15.7 Å². The van der Waals surface area contributed by atoms with E-state index in [0.29, 0.717) is 5.82 Å². The topological polar surface area (TPSA) is 73.5 Å². The Morgan fingerprint density at radius 1 is 1.04 bits per heavy atom. The van der Waals surface area contributed by atoms with Crippen LogP contribution in [0.5, 0.6) is 5.75 Å². The van der Waals surface area contributed by atoms with E-state index in [2.05, 4.69) is 21.8 Å². The van der Waals surface area contributed by atoms with Gasteiger partial charge in [0.1, 0.15) is 11.6 Å². The number of para-hydroxylation sites is 1. The summed E-state index contributed by atoms with van der Waals surface area (Å²) in [6.07, 6.45) is 4.88. The number of allylic oxidation sites excluding steroid dienone is 1. The van der Waals surface area contributed by atoms with Gasteiger partial charge in [0.05, 0.1) is 11.4 Å². The number of phenols is 1. The van der Waals surface area contributed by atoms with Crippen molar-refractivity contribution in [2.75, 3.05) is 13.1 Å². The average molecular weight is 310 g/mol. The summed E-state index contributed by atoms with van der Waals surface area (Å²) in [6.45, 7) is 2.22. The van der Waals surface area contributed by atoms with Gasteiger partial charge in [-0.3, -0.25) is 10.9 Å². The Morgan fingerprint density at radius 3 is 2.39 bits per heavy atom. The Bertz CT molecular complexity index is 707. The van der Waals surface area contributed by atoms with Gasteiger partial charge in [0.15, 0.2) is 0 Å². The zero-order valence-electron chi connectivity index (χ0n) is 13.0. The summed E-state index contributed by atoms with van der Waals surface area (Å²) in [4.78, 5) is 2.45. The average Bonchev–Trinajstić information content (AvgIpc) is 2.89. The molecular weight excluding hydrogens is 288 g/mol. The number of hydrazine groups is 1. The standard InChI is InChI=1S/C18H22N4O/c19-18-16(22-8-10-5-13-11(9-22)6-14(10)13)7-15(20-21-18)12-3-1-2-4-17(12)23/h1-4,7,10-11,13-14,20-21,23H,5-6,8-9,19H2. The molecule has 1 aromatic carbocycles. The Morgan fingerprint density at radius 2 is 1.74 bits per heavy atom. The van der Waals surface area contributed by atoms with Crippen LogP contribution in [0.1, 0.15) is 18.4 Å². The second kappa shape index (κ2) is 4.60. The van der Waals surface area contributed by atoms with Gasteiger partial charge in [0, 0.05) is 18.7 Å². The van der Waals surface area contributed by atoms with E-state index in [-0.39, 0.29) is 5.75 Å². The summed E-state index contributed by atoms with van der Waals surface area (Å²) in [7, 11) is 0. The SMILES string of the molecule is NC1=C(N2CC3CC4C(CC34)C2)C=C(c2ccccc2O)NN1. The Hall–Kier alpha value is -2.30. The van der Waals surface area contributed by atoms with E-state index in [4.69, 9.17) is 5.73 Å². The third kappa shape index (κ3) is 1.85. The number of nitrogens with zero attached hydrogens (tertiary/aromatic N) is 1. The summed E-state index contributed by atoms with van der Waals surface area (Å²) in [5.74, 6) is 4.58. The van der Waals surface area contributed by atoms with E-state index in [9.17, 15) is 5.11 Å². The summed E-state index contributed by atoms with van der Waals surface area (Å²) >= 11 is 0. The maximum Gasteiger partial charge on any atom is 0.139 e. The number of hydrogen-bond donors (Lipinski definition) is 4. The summed E-state index contributed by atoms with van der Waals surface area (Å²) in [6, 6.07) is 7.37. The first-order chi connectivity index (χ1) is 11.2. The van der Waals surface area contributed by atoms with Crippen molar-refractivity contribution in [2.24, 2.45) is 29.4 Å². The molecule has 0 amide bonds. The van der Waals surface area contributed by atoms with Gasteiger partial charge in [0.2, 0.25) is 0 Å². The lowest BCUT2D eigenvalue weighted by Crippen LogP contribution is -2.50. The molecule has 5 nitrogen and oxygen atoms in total. The maximum absolute atomic E-state index is 10.1. The first-order valence-corrected chi connectivity index (χ1v) is 8.47. The molecule has 1 aromatic rings. The lowest BCUT2D eigenvalue weighted by molar-refractivity contribution is -0.0599. The highest BCUT2D eigenvalue weighted by atomic mass is 16.3. The number of aromatic hydroxyl groups is 1. The molecule has 0 radical (unpaired) electrons. The monoisotopic (exact) mass is 310 g/mol. The Balaban J connectivity index is 1.48. The van der Waals surface area contributed by atoms with Crippen LogP contribution in [0.2, 0.25) is 0 Å². The Labute approximate surface area is 135 Å². The van der Waals surface area contributed by atoms with Crippen molar-refractivity contribution in [1.82, 2.24) is 15.8 Å². The van der Waals surface area contributed by atoms with Gasteiger partial charge in [-0.1, -0.05) is 12.1 Å². The van der Waals surface area contributed by atoms with Gasteiger partial charge in [-0.2, -0.15) is 0 Å². The van der Waals surface area contributed by atoms with Crippen LogP contribution < -0.4 is 16.6 Å². The molecule has 5 heteroatoms. The van der Waals surface area contributed by atoms with Crippen LogP contribution in [0, 0.1) is 23.7 Å². The van der Waals surface area contributed by atoms with Gasteiger partial charge >= 0.3 is 0 Å². The van der Waals surface area contributed by atoms with Crippen LogP contribution in [0.25, 0.3) is 5.70 Å². The van der Waals surface area contributed by atoms with Crippen molar-refractivity contribution in [2.45, 2.75) is 12.8 Å². The predicted molar refractivity (Wildman–Crippen MR) is 88.3 cm³/mol.